The normalized spacial score (nSPS) is 20.8. The van der Waals surface area contributed by atoms with E-state index in [4.69, 9.17) is 90.0 Å². The number of rotatable bonds is 67. The highest BCUT2D eigenvalue weighted by atomic mass is 16.7. The summed E-state index contributed by atoms with van der Waals surface area (Å²) in [6.45, 7) is 11.5. The number of esters is 10. The van der Waals surface area contributed by atoms with Gasteiger partial charge in [-0.15, -0.1) is 0 Å². The van der Waals surface area contributed by atoms with Crippen LogP contribution in [0.2, 0.25) is 0 Å². The Balaban J connectivity index is 1.37. The smallest absolute Gasteiger partial charge is 0.306 e. The van der Waals surface area contributed by atoms with Gasteiger partial charge in [0.05, 0.1) is 39.6 Å². The molecule has 4 rings (SSSR count). The lowest BCUT2D eigenvalue weighted by Crippen LogP contribution is -2.66. The molecule has 0 radical (unpaired) electrons. The number of unbranched alkanes of at least 4 members (excludes halogenated alkanes) is 3. The van der Waals surface area contributed by atoms with E-state index in [0.717, 1.165) is 67.9 Å². The molecular weight excluding hydrogens is 1860 g/mol. The van der Waals surface area contributed by atoms with Crippen molar-refractivity contribution in [3.63, 3.8) is 0 Å². The minimum Gasteiger partial charge on any atom is -0.463 e. The third-order valence-corrected chi connectivity index (χ3v) is 20.4. The SMILES string of the molecule is CC(=O)N[C@H]1[C@H](OCCCCC(=O)NCCCNC(=O)CCOCC(COCCC(=O)NCCCNC(=O)CCCCO[C@@H]2O[C@H](COC(C)=O)[C@H](OC(C)=O)[C@H](OC(C)=O)[C@H]2NC(C)=O)(COCCC(=O)NCCCNC(=O)CCCCO[C@@H]2O[C@H](COC(C)=O)[C@H](OC(C)=O)[C@H](OC(C)=O)[C@H]2NC(C)=O)NC(=O)CCCC(=O)OCc2ccccc2)O[C@H](COC(C)=O)[C@H](OC(C)=O)[C@@H]1OC(C)=O. The van der Waals surface area contributed by atoms with E-state index in [1.165, 1.54) is 20.8 Å². The quantitative estimate of drug-likeness (QED) is 0.0220. The zero-order valence-electron chi connectivity index (χ0n) is 81.6. The van der Waals surface area contributed by atoms with Crippen molar-refractivity contribution < 1.29 is 186 Å². The molecule has 49 nitrogen and oxygen atoms in total. The van der Waals surface area contributed by atoms with Gasteiger partial charge >= 0.3 is 59.7 Å². The molecular formula is C91H140N10O39. The highest BCUT2D eigenvalue weighted by molar-refractivity contribution is 5.81. The van der Waals surface area contributed by atoms with E-state index in [2.05, 4.69) is 53.2 Å². The lowest BCUT2D eigenvalue weighted by atomic mass is 9.96. The van der Waals surface area contributed by atoms with Crippen LogP contribution in [-0.2, 0) is 192 Å². The lowest BCUT2D eigenvalue weighted by molar-refractivity contribution is -0.277. The number of hydrogen-bond donors (Lipinski definition) is 10. The van der Waals surface area contributed by atoms with Crippen LogP contribution in [0.25, 0.3) is 0 Å². The average Bonchev–Trinajstić information content (AvgIpc) is 0.793. The van der Waals surface area contributed by atoms with E-state index in [-0.39, 0.29) is 181 Å². The first kappa shape index (κ1) is 121. The fraction of sp³-hybridized carbons (Fsp3) is 0.714. The van der Waals surface area contributed by atoms with Gasteiger partial charge in [-0.3, -0.25) is 95.9 Å². The van der Waals surface area contributed by atoms with Crippen LogP contribution in [0.15, 0.2) is 30.3 Å². The Bertz CT molecular complexity index is 3800. The summed E-state index contributed by atoms with van der Waals surface area (Å²) >= 11 is 0. The second-order valence-corrected chi connectivity index (χ2v) is 33.0. The van der Waals surface area contributed by atoms with Crippen LogP contribution in [0, 0.1) is 0 Å². The molecule has 15 atom stereocenters. The number of hydrogen-bond acceptors (Lipinski definition) is 39. The van der Waals surface area contributed by atoms with Gasteiger partial charge in [-0.2, -0.15) is 0 Å². The van der Waals surface area contributed by atoms with Crippen molar-refractivity contribution in [1.29, 1.82) is 0 Å². The van der Waals surface area contributed by atoms with Gasteiger partial charge in [0.25, 0.3) is 0 Å². The molecule has 10 N–H and O–H groups in total. The van der Waals surface area contributed by atoms with E-state index in [1.807, 2.05) is 6.07 Å². The summed E-state index contributed by atoms with van der Waals surface area (Å²) in [5.41, 5.74) is -0.840. The number of carbonyl (C=O) groups excluding carboxylic acids is 20. The van der Waals surface area contributed by atoms with Gasteiger partial charge in [0.1, 0.15) is 68.4 Å². The molecule has 0 saturated carbocycles. The third-order valence-electron chi connectivity index (χ3n) is 20.4. The summed E-state index contributed by atoms with van der Waals surface area (Å²) in [5, 5.41) is 27.4. The van der Waals surface area contributed by atoms with Crippen LogP contribution < -0.4 is 53.2 Å². The van der Waals surface area contributed by atoms with Crippen LogP contribution in [0.3, 0.4) is 0 Å². The van der Waals surface area contributed by atoms with Gasteiger partial charge in [0.2, 0.25) is 59.1 Å². The fourth-order valence-electron chi connectivity index (χ4n) is 14.3. The maximum absolute atomic E-state index is 14.1. The first-order valence-electron chi connectivity index (χ1n) is 46.5. The van der Waals surface area contributed by atoms with E-state index in [0.29, 0.717) is 57.8 Å². The van der Waals surface area contributed by atoms with E-state index >= 15 is 0 Å². The Labute approximate surface area is 811 Å². The van der Waals surface area contributed by atoms with E-state index in [1.54, 1.807) is 24.3 Å². The lowest BCUT2D eigenvalue weighted by Gasteiger charge is -2.44. The summed E-state index contributed by atoms with van der Waals surface area (Å²) in [5.74, 6) is -11.8. The van der Waals surface area contributed by atoms with E-state index < -0.39 is 218 Å². The molecule has 3 heterocycles. The van der Waals surface area contributed by atoms with Crippen molar-refractivity contribution in [2.24, 2.45) is 0 Å². The molecule has 3 aliphatic rings. The Kier molecular flexibility index (Phi) is 58.2. The van der Waals surface area contributed by atoms with Crippen LogP contribution in [0.5, 0.6) is 0 Å². The van der Waals surface area contributed by atoms with Crippen molar-refractivity contribution in [3.8, 4) is 0 Å². The maximum Gasteiger partial charge on any atom is 0.306 e. The highest BCUT2D eigenvalue weighted by Gasteiger charge is 2.55. The molecule has 1 aromatic carbocycles. The number of benzene rings is 1. The zero-order chi connectivity index (χ0) is 103. The molecule has 0 bridgehead atoms. The Morgan fingerprint density at radius 2 is 0.557 bits per heavy atom. The molecule has 10 amide bonds. The summed E-state index contributed by atoms with van der Waals surface area (Å²) in [6, 6.07) is 5.40. The standard InChI is InChI=1S/C91H140N10O39/c1-55(102)98-79-85(135-64(10)111)82(132-61(7)108)68(49-128-58(4)105)138-88(79)125-42-19-16-28-71(114)92-36-23-39-95-74(117)33-45-122-52-91(101-77(120)31-22-32-78(121)131-48-67-26-14-13-15-27-67,53-123-46-34-75(118)96-40-24-37-93-72(115)29-17-20-43-126-89-80(99-56(2)103)86(136-65(11)112)83(133-62(8)109)69(139-89)50-129-59(5)106)54-124-47-35-76(119)97-41-25-38-94-73(116)30-18-21-44-127-90-81(100-57(3)104)87(137-66(12)113)84(134-63(9)110)70(140-90)51-130-60(6)107/h13-15,26-27,68-70,79-90H,16-25,28-54H2,1-12H3,(H,92,114)(H,93,115)(H,94,116)(H,95,117)(H,96,118)(H,97,119)(H,98,102)(H,99,103)(H,100,104)(H,101,120)/t68-,69-,70-,79-,80-,81-,82+,83+,84+,85-,86-,87-,88-,89-,90-/m1/s1. The number of carbonyl (C=O) groups is 20. The van der Waals surface area contributed by atoms with Gasteiger partial charge in [0, 0.05) is 194 Å². The average molecular weight is 2000 g/mol. The molecule has 788 valence electrons. The fourth-order valence-corrected chi connectivity index (χ4v) is 14.3. The van der Waals surface area contributed by atoms with Crippen LogP contribution >= 0.6 is 0 Å². The minimum absolute atomic E-state index is 0.000110. The predicted octanol–water partition coefficient (Wildman–Crippen LogP) is -0.628. The van der Waals surface area contributed by atoms with Crippen molar-refractivity contribution >= 4 is 119 Å². The first-order chi connectivity index (χ1) is 66.6. The van der Waals surface area contributed by atoms with Gasteiger partial charge in [0.15, 0.2) is 55.5 Å². The Morgan fingerprint density at radius 1 is 0.286 bits per heavy atom. The molecule has 0 unspecified atom stereocenters. The minimum atomic E-state index is -1.59. The van der Waals surface area contributed by atoms with Crippen LogP contribution in [-0.4, -0.2) is 335 Å². The second kappa shape index (κ2) is 67.6. The largest absolute Gasteiger partial charge is 0.463 e. The Hall–Kier alpha value is -11.7. The summed E-state index contributed by atoms with van der Waals surface area (Å²) in [7, 11) is 0. The molecule has 0 spiro atoms. The molecule has 3 aliphatic heterocycles. The zero-order valence-corrected chi connectivity index (χ0v) is 81.6. The van der Waals surface area contributed by atoms with Crippen molar-refractivity contribution in [2.75, 3.05) is 119 Å². The predicted molar refractivity (Wildman–Crippen MR) is 481 cm³/mol. The van der Waals surface area contributed by atoms with Crippen LogP contribution in [0.1, 0.15) is 204 Å². The number of amides is 10. The number of ether oxygens (including phenoxy) is 19. The molecule has 1 aromatic rings. The molecule has 140 heavy (non-hydrogen) atoms. The van der Waals surface area contributed by atoms with Gasteiger partial charge in [-0.1, -0.05) is 30.3 Å². The number of nitrogens with one attached hydrogen (secondary N) is 10. The van der Waals surface area contributed by atoms with E-state index in [9.17, 15) is 95.9 Å². The molecule has 0 aliphatic carbocycles. The monoisotopic (exact) mass is 2000 g/mol. The van der Waals surface area contributed by atoms with Crippen molar-refractivity contribution in [3.05, 3.63) is 35.9 Å². The van der Waals surface area contributed by atoms with Gasteiger partial charge in [-0.25, -0.2) is 0 Å². The van der Waals surface area contributed by atoms with Gasteiger partial charge in [-0.05, 0) is 69.8 Å². The van der Waals surface area contributed by atoms with Crippen molar-refractivity contribution in [1.82, 2.24) is 53.2 Å². The van der Waals surface area contributed by atoms with Crippen molar-refractivity contribution in [2.45, 2.75) is 303 Å². The maximum atomic E-state index is 14.1. The molecule has 0 aromatic heterocycles. The summed E-state index contributed by atoms with van der Waals surface area (Å²) in [4.78, 5) is 251. The first-order valence-corrected chi connectivity index (χ1v) is 46.5. The summed E-state index contributed by atoms with van der Waals surface area (Å²) in [6.07, 6.45) is -13.3. The Morgan fingerprint density at radius 3 is 0.829 bits per heavy atom. The van der Waals surface area contributed by atoms with Gasteiger partial charge < -0.3 is 143 Å². The molecule has 49 heteroatoms. The summed E-state index contributed by atoms with van der Waals surface area (Å²) < 4.78 is 108. The second-order valence-electron chi connectivity index (χ2n) is 33.0. The molecule has 3 fully saturated rings. The van der Waals surface area contributed by atoms with Crippen LogP contribution in [0.4, 0.5) is 0 Å². The topological polar surface area (TPSA) is 637 Å². The highest BCUT2D eigenvalue weighted by Crippen LogP contribution is 2.32. The third kappa shape index (κ3) is 52.0. The molecule has 3 saturated heterocycles.